The predicted octanol–water partition coefficient (Wildman–Crippen LogP) is 2.32. The van der Waals surface area contributed by atoms with Gasteiger partial charge in [-0.15, -0.1) is 0 Å². The third-order valence-electron chi connectivity index (χ3n) is 1.86. The van der Waals surface area contributed by atoms with Crippen molar-refractivity contribution in [1.82, 2.24) is 4.98 Å². The smallest absolute Gasteiger partial charge is 0.307 e. The Morgan fingerprint density at radius 3 is 2.65 bits per heavy atom. The van der Waals surface area contributed by atoms with Crippen LogP contribution in [-0.2, 0) is 11.2 Å². The van der Waals surface area contributed by atoms with Crippen molar-refractivity contribution in [2.75, 3.05) is 0 Å². The van der Waals surface area contributed by atoms with Crippen LogP contribution in [-0.4, -0.2) is 21.0 Å². The molecule has 9 heteroatoms. The fraction of sp³-hybridized carbons (Fsp3) is 0.250. The van der Waals surface area contributed by atoms with E-state index in [-0.39, 0.29) is 10.0 Å². The maximum atomic E-state index is 12.5. The summed E-state index contributed by atoms with van der Waals surface area (Å²) >= 11 is 2.75. The molecule has 0 saturated carbocycles. The summed E-state index contributed by atoms with van der Waals surface area (Å²) in [4.78, 5) is 23.4. The molecule has 0 fully saturated rings. The van der Waals surface area contributed by atoms with Crippen LogP contribution < -0.4 is 0 Å². The van der Waals surface area contributed by atoms with Gasteiger partial charge in [0.2, 0.25) is 0 Å². The number of nitrogens with zero attached hydrogens (tertiary/aromatic N) is 2. The Labute approximate surface area is 102 Å². The molecule has 1 aromatic rings. The number of halogens is 3. The standard InChI is InChI=1S/C8H5BrF2N2O4/c9-6-3(1-5(14)15)7(8(10)11)12-2-4(6)13(16)17/h2,8H,1H2,(H,14,15). The maximum absolute atomic E-state index is 12.5. The molecule has 0 aromatic carbocycles. The zero-order chi connectivity index (χ0) is 13.2. The molecule has 0 unspecified atom stereocenters. The van der Waals surface area contributed by atoms with E-state index in [2.05, 4.69) is 20.9 Å². The molecule has 0 bridgehead atoms. The van der Waals surface area contributed by atoms with Crippen LogP contribution in [0.1, 0.15) is 17.7 Å². The minimum absolute atomic E-state index is 0.282. The number of pyridine rings is 1. The number of aromatic nitrogens is 1. The van der Waals surface area contributed by atoms with E-state index in [0.29, 0.717) is 6.20 Å². The molecule has 0 atom stereocenters. The summed E-state index contributed by atoms with van der Waals surface area (Å²) in [7, 11) is 0. The maximum Gasteiger partial charge on any atom is 0.307 e. The average molecular weight is 311 g/mol. The Kier molecular flexibility index (Phi) is 4.05. The molecule has 0 aliphatic carbocycles. The SMILES string of the molecule is O=C(O)Cc1c(C(F)F)ncc([N+](=O)[O-])c1Br. The number of nitro groups is 1. The van der Waals surface area contributed by atoms with Gasteiger partial charge in [-0.05, 0) is 15.9 Å². The van der Waals surface area contributed by atoms with Gasteiger partial charge in [-0.1, -0.05) is 0 Å². The van der Waals surface area contributed by atoms with Gasteiger partial charge < -0.3 is 5.11 Å². The van der Waals surface area contributed by atoms with E-state index in [0.717, 1.165) is 0 Å². The van der Waals surface area contributed by atoms with Crippen molar-refractivity contribution in [3.63, 3.8) is 0 Å². The summed E-state index contributed by atoms with van der Waals surface area (Å²) in [6, 6.07) is 0. The van der Waals surface area contributed by atoms with Crippen LogP contribution in [0.4, 0.5) is 14.5 Å². The number of hydrogen-bond acceptors (Lipinski definition) is 4. The Morgan fingerprint density at radius 2 is 2.24 bits per heavy atom. The molecule has 0 aliphatic rings. The van der Waals surface area contributed by atoms with Crippen LogP contribution in [0, 0.1) is 10.1 Å². The lowest BCUT2D eigenvalue weighted by Gasteiger charge is -2.08. The van der Waals surface area contributed by atoms with E-state index in [1.165, 1.54) is 0 Å². The van der Waals surface area contributed by atoms with Gasteiger partial charge in [0, 0.05) is 5.56 Å². The summed E-state index contributed by atoms with van der Waals surface area (Å²) in [5, 5.41) is 19.1. The summed E-state index contributed by atoms with van der Waals surface area (Å²) < 4.78 is 24.8. The lowest BCUT2D eigenvalue weighted by molar-refractivity contribution is -0.386. The topological polar surface area (TPSA) is 93.3 Å². The van der Waals surface area contributed by atoms with Crippen molar-refractivity contribution in [3.05, 3.63) is 32.0 Å². The van der Waals surface area contributed by atoms with Crippen LogP contribution in [0.3, 0.4) is 0 Å². The van der Waals surface area contributed by atoms with Gasteiger partial charge in [0.1, 0.15) is 16.4 Å². The number of carboxylic acids is 1. The number of carboxylic acid groups (broad SMARTS) is 1. The lowest BCUT2D eigenvalue weighted by Crippen LogP contribution is -2.08. The van der Waals surface area contributed by atoms with Crippen molar-refractivity contribution in [3.8, 4) is 0 Å². The Balaban J connectivity index is 3.41. The van der Waals surface area contributed by atoms with Gasteiger partial charge in [-0.2, -0.15) is 0 Å². The van der Waals surface area contributed by atoms with E-state index >= 15 is 0 Å². The Morgan fingerprint density at radius 1 is 1.65 bits per heavy atom. The van der Waals surface area contributed by atoms with Gasteiger partial charge in [0.05, 0.1) is 11.3 Å². The minimum Gasteiger partial charge on any atom is -0.481 e. The first kappa shape index (κ1) is 13.4. The normalized spacial score (nSPS) is 10.6. The molecule has 92 valence electrons. The van der Waals surface area contributed by atoms with Crippen LogP contribution in [0.5, 0.6) is 0 Å². The quantitative estimate of drug-likeness (QED) is 0.680. The zero-order valence-corrected chi connectivity index (χ0v) is 9.65. The molecular formula is C8H5BrF2N2O4. The molecule has 0 spiro atoms. The molecule has 1 N–H and O–H groups in total. The molecule has 17 heavy (non-hydrogen) atoms. The molecular weight excluding hydrogens is 306 g/mol. The van der Waals surface area contributed by atoms with Gasteiger partial charge in [-0.25, -0.2) is 13.8 Å². The van der Waals surface area contributed by atoms with Crippen LogP contribution in [0.15, 0.2) is 10.7 Å². The molecule has 1 heterocycles. The second-order valence-electron chi connectivity index (χ2n) is 2.95. The van der Waals surface area contributed by atoms with E-state index in [4.69, 9.17) is 5.11 Å². The number of aliphatic carboxylic acids is 1. The van der Waals surface area contributed by atoms with Crippen LogP contribution >= 0.6 is 15.9 Å². The molecule has 0 saturated heterocycles. The summed E-state index contributed by atoms with van der Waals surface area (Å²) in [6.07, 6.45) is -3.10. The highest BCUT2D eigenvalue weighted by Crippen LogP contribution is 2.33. The highest BCUT2D eigenvalue weighted by Gasteiger charge is 2.25. The largest absolute Gasteiger partial charge is 0.481 e. The van der Waals surface area contributed by atoms with Crippen molar-refractivity contribution in [2.45, 2.75) is 12.8 Å². The highest BCUT2D eigenvalue weighted by molar-refractivity contribution is 9.10. The van der Waals surface area contributed by atoms with Crippen molar-refractivity contribution < 1.29 is 23.6 Å². The lowest BCUT2D eigenvalue weighted by atomic mass is 10.1. The van der Waals surface area contributed by atoms with Crippen molar-refractivity contribution in [2.24, 2.45) is 0 Å². The van der Waals surface area contributed by atoms with Crippen LogP contribution in [0.25, 0.3) is 0 Å². The van der Waals surface area contributed by atoms with E-state index < -0.39 is 35.1 Å². The molecule has 1 rings (SSSR count). The average Bonchev–Trinajstić information content (AvgIpc) is 2.19. The fourth-order valence-corrected chi connectivity index (χ4v) is 1.76. The first-order valence-corrected chi connectivity index (χ1v) is 4.95. The van der Waals surface area contributed by atoms with Gasteiger partial charge in [0.25, 0.3) is 6.43 Å². The number of alkyl halides is 2. The third-order valence-corrected chi connectivity index (χ3v) is 2.74. The summed E-state index contributed by atoms with van der Waals surface area (Å²) in [6.45, 7) is 0. The van der Waals surface area contributed by atoms with Gasteiger partial charge >= 0.3 is 11.7 Å². The molecule has 6 nitrogen and oxygen atoms in total. The number of hydrogen-bond donors (Lipinski definition) is 1. The zero-order valence-electron chi connectivity index (χ0n) is 8.06. The van der Waals surface area contributed by atoms with Crippen LogP contribution in [0.2, 0.25) is 0 Å². The fourth-order valence-electron chi connectivity index (χ4n) is 1.17. The van der Waals surface area contributed by atoms with E-state index in [9.17, 15) is 23.7 Å². The van der Waals surface area contributed by atoms with Gasteiger partial charge in [0.15, 0.2) is 0 Å². The third kappa shape index (κ3) is 2.93. The number of rotatable bonds is 4. The van der Waals surface area contributed by atoms with E-state index in [1.807, 2.05) is 0 Å². The van der Waals surface area contributed by atoms with Crippen molar-refractivity contribution in [1.29, 1.82) is 0 Å². The first-order chi connectivity index (χ1) is 7.84. The number of carbonyl (C=O) groups is 1. The van der Waals surface area contributed by atoms with Gasteiger partial charge in [-0.3, -0.25) is 14.9 Å². The Bertz CT molecular complexity index is 481. The molecule has 0 aliphatic heterocycles. The molecule has 0 radical (unpaired) electrons. The summed E-state index contributed by atoms with van der Waals surface area (Å²) in [5.41, 5.74) is -1.71. The first-order valence-electron chi connectivity index (χ1n) is 4.16. The van der Waals surface area contributed by atoms with Crippen molar-refractivity contribution >= 4 is 27.6 Å². The molecule has 1 aromatic heterocycles. The van der Waals surface area contributed by atoms with E-state index in [1.54, 1.807) is 0 Å². The predicted molar refractivity (Wildman–Crippen MR) is 54.9 cm³/mol. The summed E-state index contributed by atoms with van der Waals surface area (Å²) in [5.74, 6) is -1.38. The second-order valence-corrected chi connectivity index (χ2v) is 3.74. The second kappa shape index (κ2) is 5.13. The Hall–Kier alpha value is -1.64. The molecule has 0 amide bonds. The minimum atomic E-state index is -3.00. The monoisotopic (exact) mass is 310 g/mol. The highest BCUT2D eigenvalue weighted by atomic mass is 79.9.